The zero-order valence-corrected chi connectivity index (χ0v) is 14.1. The van der Waals surface area contributed by atoms with Crippen LogP contribution < -0.4 is 0 Å². The lowest BCUT2D eigenvalue weighted by molar-refractivity contribution is -0.142. The van der Waals surface area contributed by atoms with Gasteiger partial charge in [-0.05, 0) is 19.3 Å². The van der Waals surface area contributed by atoms with Crippen molar-refractivity contribution in [3.63, 3.8) is 0 Å². The van der Waals surface area contributed by atoms with Crippen LogP contribution in [0.2, 0.25) is 0 Å². The fraction of sp³-hybridized carbons (Fsp3) is 0.353. The molecule has 3 heterocycles. The van der Waals surface area contributed by atoms with Crippen molar-refractivity contribution in [1.29, 1.82) is 0 Å². The zero-order valence-electron chi connectivity index (χ0n) is 13.3. The van der Waals surface area contributed by atoms with Gasteiger partial charge in [0.1, 0.15) is 4.90 Å². The lowest BCUT2D eigenvalue weighted by atomic mass is 9.89. The molecule has 2 saturated heterocycles. The van der Waals surface area contributed by atoms with Crippen molar-refractivity contribution in [3.05, 3.63) is 42.7 Å². The van der Waals surface area contributed by atoms with E-state index in [-0.39, 0.29) is 10.9 Å². The highest BCUT2D eigenvalue weighted by Gasteiger charge is 2.54. The highest BCUT2D eigenvalue weighted by molar-refractivity contribution is 7.89. The highest BCUT2D eigenvalue weighted by Crippen LogP contribution is 2.44. The number of rotatable bonds is 4. The van der Waals surface area contributed by atoms with Crippen LogP contribution in [0.3, 0.4) is 0 Å². The molecule has 4 rings (SSSR count). The normalized spacial score (nSPS) is 26.0. The Kier molecular flexibility index (Phi) is 3.81. The van der Waals surface area contributed by atoms with Crippen LogP contribution in [0.25, 0.3) is 11.4 Å². The number of fused-ring (bicyclic) bond motifs is 2. The minimum atomic E-state index is -3.79. The summed E-state index contributed by atoms with van der Waals surface area (Å²) in [6.45, 7) is 0. The molecule has 3 atom stereocenters. The van der Waals surface area contributed by atoms with Crippen LogP contribution >= 0.6 is 0 Å². The monoisotopic (exact) mass is 359 g/mol. The molecular formula is C17H17N3O4S. The van der Waals surface area contributed by atoms with E-state index in [1.807, 2.05) is 30.3 Å². The summed E-state index contributed by atoms with van der Waals surface area (Å²) in [4.78, 5) is 19.7. The summed E-state index contributed by atoms with van der Waals surface area (Å²) in [5.41, 5.74) is 0.804. The van der Waals surface area contributed by atoms with E-state index in [1.54, 1.807) is 0 Å². The predicted molar refractivity (Wildman–Crippen MR) is 89.0 cm³/mol. The van der Waals surface area contributed by atoms with E-state index in [2.05, 4.69) is 9.97 Å². The van der Waals surface area contributed by atoms with Gasteiger partial charge in [0.2, 0.25) is 10.0 Å². The second kappa shape index (κ2) is 5.89. The van der Waals surface area contributed by atoms with Crippen molar-refractivity contribution < 1.29 is 18.3 Å². The van der Waals surface area contributed by atoms with Gasteiger partial charge < -0.3 is 5.11 Å². The summed E-state index contributed by atoms with van der Waals surface area (Å²) < 4.78 is 27.3. The fourth-order valence-corrected chi connectivity index (χ4v) is 5.69. The lowest BCUT2D eigenvalue weighted by Crippen LogP contribution is -2.37. The first kappa shape index (κ1) is 16.2. The molecule has 2 fully saturated rings. The van der Waals surface area contributed by atoms with Gasteiger partial charge in [-0.3, -0.25) is 4.79 Å². The van der Waals surface area contributed by atoms with E-state index in [4.69, 9.17) is 0 Å². The van der Waals surface area contributed by atoms with Gasteiger partial charge in [0.05, 0.1) is 18.3 Å². The fourth-order valence-electron chi connectivity index (χ4n) is 3.89. The van der Waals surface area contributed by atoms with Crippen molar-refractivity contribution in [2.75, 3.05) is 0 Å². The van der Waals surface area contributed by atoms with Gasteiger partial charge in [-0.25, -0.2) is 18.4 Å². The Hall–Kier alpha value is -2.32. The van der Waals surface area contributed by atoms with Gasteiger partial charge in [0, 0.05) is 17.6 Å². The summed E-state index contributed by atoms with van der Waals surface area (Å²) in [5, 5.41) is 9.31. The number of aliphatic carboxylic acids is 1. The molecule has 8 heteroatoms. The van der Waals surface area contributed by atoms with E-state index in [0.717, 1.165) is 5.56 Å². The maximum absolute atomic E-state index is 13.0. The number of benzene rings is 1. The molecule has 2 aliphatic heterocycles. The largest absolute Gasteiger partial charge is 0.481 e. The SMILES string of the molecule is O=C(O)[C@H]1C[C@H]2CC[C@H]1N2S(=O)(=O)c1cnc(-c2ccccc2)nc1. The summed E-state index contributed by atoms with van der Waals surface area (Å²) in [5.74, 6) is -1.10. The smallest absolute Gasteiger partial charge is 0.308 e. The molecule has 1 N–H and O–H groups in total. The lowest BCUT2D eigenvalue weighted by Gasteiger charge is -2.22. The van der Waals surface area contributed by atoms with Crippen LogP contribution in [0, 0.1) is 5.92 Å². The molecule has 2 aliphatic rings. The number of carboxylic acids is 1. The van der Waals surface area contributed by atoms with Crippen LogP contribution in [0.1, 0.15) is 19.3 Å². The van der Waals surface area contributed by atoms with Crippen molar-refractivity contribution in [2.24, 2.45) is 5.92 Å². The Morgan fingerprint density at radius 3 is 2.40 bits per heavy atom. The molecule has 7 nitrogen and oxygen atoms in total. The molecule has 0 saturated carbocycles. The van der Waals surface area contributed by atoms with E-state index in [0.29, 0.717) is 25.1 Å². The highest BCUT2D eigenvalue weighted by atomic mass is 32.2. The van der Waals surface area contributed by atoms with Crippen molar-refractivity contribution in [3.8, 4) is 11.4 Å². The summed E-state index contributed by atoms with van der Waals surface area (Å²) in [6, 6.07) is 8.58. The average Bonchev–Trinajstić information content (AvgIpc) is 3.22. The molecule has 1 aromatic carbocycles. The maximum atomic E-state index is 13.0. The van der Waals surface area contributed by atoms with Crippen LogP contribution in [-0.2, 0) is 14.8 Å². The number of hydrogen-bond acceptors (Lipinski definition) is 5. The van der Waals surface area contributed by atoms with Gasteiger partial charge in [-0.1, -0.05) is 30.3 Å². The van der Waals surface area contributed by atoms with Crippen LogP contribution in [0.15, 0.2) is 47.6 Å². The number of carbonyl (C=O) groups is 1. The minimum Gasteiger partial charge on any atom is -0.481 e. The third-order valence-electron chi connectivity index (χ3n) is 5.03. The second-order valence-electron chi connectivity index (χ2n) is 6.42. The maximum Gasteiger partial charge on any atom is 0.308 e. The molecule has 25 heavy (non-hydrogen) atoms. The van der Waals surface area contributed by atoms with Gasteiger partial charge in [-0.2, -0.15) is 4.31 Å². The summed E-state index contributed by atoms with van der Waals surface area (Å²) in [6.07, 6.45) is 4.28. The topological polar surface area (TPSA) is 100 Å². The Bertz CT molecular complexity index is 899. The van der Waals surface area contributed by atoms with E-state index < -0.39 is 28.0 Å². The first-order valence-corrected chi connectivity index (χ1v) is 9.56. The number of carboxylic acid groups (broad SMARTS) is 1. The third kappa shape index (κ3) is 2.61. The molecule has 0 aliphatic carbocycles. The Balaban J connectivity index is 1.64. The molecule has 0 spiro atoms. The molecule has 0 radical (unpaired) electrons. The summed E-state index contributed by atoms with van der Waals surface area (Å²) in [7, 11) is -3.79. The number of hydrogen-bond donors (Lipinski definition) is 1. The molecule has 2 aromatic rings. The Morgan fingerprint density at radius 1 is 1.12 bits per heavy atom. The van der Waals surface area contributed by atoms with Crippen LogP contribution in [0.5, 0.6) is 0 Å². The van der Waals surface area contributed by atoms with E-state index in [9.17, 15) is 18.3 Å². The molecule has 0 unspecified atom stereocenters. The number of nitrogens with zero attached hydrogens (tertiary/aromatic N) is 3. The number of aromatic nitrogens is 2. The summed E-state index contributed by atoms with van der Waals surface area (Å²) >= 11 is 0. The first-order chi connectivity index (χ1) is 12.0. The molecule has 1 aromatic heterocycles. The van der Waals surface area contributed by atoms with Crippen molar-refractivity contribution >= 4 is 16.0 Å². The van der Waals surface area contributed by atoms with Crippen LogP contribution in [0.4, 0.5) is 0 Å². The average molecular weight is 359 g/mol. The van der Waals surface area contributed by atoms with Gasteiger partial charge in [0.25, 0.3) is 0 Å². The van der Waals surface area contributed by atoms with Gasteiger partial charge in [-0.15, -0.1) is 0 Å². The standard InChI is InChI=1S/C17H17N3O4S/c21-17(22)14-8-12-6-7-15(14)20(12)25(23,24)13-9-18-16(19-10-13)11-4-2-1-3-5-11/h1-5,9-10,12,14-15H,6-8H2,(H,21,22)/t12-,14+,15-/m1/s1. The first-order valence-electron chi connectivity index (χ1n) is 8.12. The van der Waals surface area contributed by atoms with Crippen molar-refractivity contribution in [1.82, 2.24) is 14.3 Å². The molecule has 0 amide bonds. The molecule has 2 bridgehead atoms. The van der Waals surface area contributed by atoms with Crippen molar-refractivity contribution in [2.45, 2.75) is 36.2 Å². The third-order valence-corrected chi connectivity index (χ3v) is 6.96. The minimum absolute atomic E-state index is 0.00937. The zero-order chi connectivity index (χ0) is 17.6. The molecule has 130 valence electrons. The van der Waals surface area contributed by atoms with Gasteiger partial charge in [0.15, 0.2) is 5.82 Å². The predicted octanol–water partition coefficient (Wildman–Crippen LogP) is 1.77. The number of sulfonamides is 1. The van der Waals surface area contributed by atoms with Gasteiger partial charge >= 0.3 is 5.97 Å². The Labute approximate surface area is 145 Å². The second-order valence-corrected chi connectivity index (χ2v) is 8.27. The van der Waals surface area contributed by atoms with E-state index in [1.165, 1.54) is 16.7 Å². The quantitative estimate of drug-likeness (QED) is 0.893. The Morgan fingerprint density at radius 2 is 1.80 bits per heavy atom. The van der Waals surface area contributed by atoms with Crippen LogP contribution in [-0.4, -0.2) is 45.9 Å². The van der Waals surface area contributed by atoms with E-state index >= 15 is 0 Å². The molecular weight excluding hydrogens is 342 g/mol.